The summed E-state index contributed by atoms with van der Waals surface area (Å²) >= 11 is 0. The first-order valence-electron chi connectivity index (χ1n) is 49.4. The predicted molar refractivity (Wildman–Crippen MR) is 556 cm³/mol. The first-order valence-corrected chi connectivity index (χ1v) is 49.4. The molecule has 1 aromatic carbocycles. The van der Waals surface area contributed by atoms with E-state index < -0.39 is 0 Å². The van der Waals surface area contributed by atoms with Gasteiger partial charge in [0.1, 0.15) is 34.9 Å². The van der Waals surface area contributed by atoms with Gasteiger partial charge in [-0.3, -0.25) is 4.98 Å². The van der Waals surface area contributed by atoms with Crippen LogP contribution < -0.4 is 44.9 Å². The zero-order valence-electron chi connectivity index (χ0n) is 86.3. The molecule has 18 heteroatoms. The Bertz CT molecular complexity index is 4200. The summed E-state index contributed by atoms with van der Waals surface area (Å²) in [5.74, 6) is 7.47. The second kappa shape index (κ2) is 48.6. The van der Waals surface area contributed by atoms with Crippen LogP contribution in [0.1, 0.15) is 300 Å². The van der Waals surface area contributed by atoms with Gasteiger partial charge in [-0.15, -0.1) is 0 Å². The Balaban J connectivity index is 0.000000182. The fraction of sp³-hybridized carbons (Fsp3) is 0.613. The van der Waals surface area contributed by atoms with Gasteiger partial charge in [0, 0.05) is 197 Å². The number of nitrogens with one attached hydrogen (secondary N) is 2. The molecule has 2 N–H and O–H groups in total. The summed E-state index contributed by atoms with van der Waals surface area (Å²) in [6, 6.07) is 39.6. The minimum atomic E-state index is 0.165. The average Bonchev–Trinajstić information content (AvgIpc) is 1.76. The summed E-state index contributed by atoms with van der Waals surface area (Å²) in [5, 5.41) is 6.60. The monoisotopic (exact) mass is 1760 g/mol. The number of piperazine rings is 4. The van der Waals surface area contributed by atoms with Crippen molar-refractivity contribution in [3.05, 3.63) is 215 Å². The van der Waals surface area contributed by atoms with E-state index in [4.69, 9.17) is 0 Å². The molecule has 0 unspecified atom stereocenters. The number of nitrogens with zero attached hydrogens (tertiary/aromatic N) is 16. The zero-order valence-corrected chi connectivity index (χ0v) is 86.3. The Morgan fingerprint density at radius 2 is 0.496 bits per heavy atom. The highest BCUT2D eigenvalue weighted by Gasteiger charge is 2.28. The van der Waals surface area contributed by atoms with Gasteiger partial charge in [0.15, 0.2) is 0 Å². The normalized spacial score (nSPS) is 17.4. The summed E-state index contributed by atoms with van der Waals surface area (Å²) in [6.07, 6.45) is 27.4. The van der Waals surface area contributed by atoms with Gasteiger partial charge in [-0.25, -0.2) is 29.9 Å². The average molecular weight is 1760 g/mol. The molecule has 7 aliphatic heterocycles. The first-order chi connectivity index (χ1) is 60.8. The lowest BCUT2D eigenvalue weighted by molar-refractivity contribution is 0.312. The van der Waals surface area contributed by atoms with Gasteiger partial charge in [0.2, 0.25) is 0 Å². The molecule has 18 nitrogen and oxygen atoms in total. The van der Waals surface area contributed by atoms with Crippen molar-refractivity contribution < 1.29 is 0 Å². The highest BCUT2D eigenvalue weighted by molar-refractivity contribution is 5.50. The molecule has 14 heterocycles. The number of piperidine rings is 2. The van der Waals surface area contributed by atoms with E-state index in [1.54, 1.807) is 0 Å². The Morgan fingerprint density at radius 1 is 0.256 bits per heavy atom. The molecule has 8 aliphatic rings. The second-order valence-corrected chi connectivity index (χ2v) is 44.8. The predicted octanol–water partition coefficient (Wildman–Crippen LogP) is 23.0. The van der Waals surface area contributed by atoms with E-state index in [1.165, 1.54) is 172 Å². The molecule has 8 aromatic rings. The largest absolute Gasteiger partial charge is 0.386 e. The van der Waals surface area contributed by atoms with Crippen LogP contribution in [0.5, 0.6) is 0 Å². The number of hydrogen-bond donors (Lipinski definition) is 2. The van der Waals surface area contributed by atoms with Crippen LogP contribution in [0.25, 0.3) is 0 Å². The van der Waals surface area contributed by atoms with Crippen LogP contribution in [-0.2, 0) is 43.3 Å². The molecule has 7 saturated heterocycles. The quantitative estimate of drug-likeness (QED) is 0.149. The Labute approximate surface area is 785 Å². The number of benzene rings is 1. The van der Waals surface area contributed by atoms with Crippen LogP contribution in [-0.4, -0.2) is 196 Å². The van der Waals surface area contributed by atoms with Gasteiger partial charge in [-0.05, 0) is 221 Å². The van der Waals surface area contributed by atoms with E-state index >= 15 is 0 Å². The third-order valence-electron chi connectivity index (χ3n) is 25.5. The molecule has 0 bridgehead atoms. The van der Waals surface area contributed by atoms with Gasteiger partial charge in [-0.2, -0.15) is 0 Å². The standard InChI is InChI=1S/C15H24N2.C14H23N3.C14H21N3.2C14H22N2.C13H21N3.C13H20N2.C12H17N.C2H6/c1-15(2,3)13-5-7-14(8-6-13)17-11-9-16(4)10-12-17;1-14(2,3)12-5-6-13(15-11-12)17-9-7-16(4)8-10-17;1-11-10-17(8-7-15-11)13-6-5-12(9-16-13)14(2,3)4;2*1-14(2,3)12-7-8-13(15-11-12)16-9-5-4-6-10-16;1-13(2,3)11-4-5-12(15-10-11)16-8-6-14-7-9-16;1-13(2,3)11-6-7-12(14-10-11)15-8-4-5-9-15;1-12(2,3)10-6-7-11(13-8-10)9-4-5-9;1-2/h5-8H,9-12H2,1-4H3;5-6,11H,7-10H2,1-4H3;5-6,9,15H,1,7-8,10H2,2-4H3;2*7-8,11H,4-6,9-10H2,1-3H3;4-5,10,14H,6-9H2,1-3H3;6-7,10H,4-5,8-9H2,1-3H3;6-9H,4-5H2,1-3H3;1-2H3. The number of pyridine rings is 7. The maximum Gasteiger partial charge on any atom is 0.128 e. The van der Waals surface area contributed by atoms with Gasteiger partial charge < -0.3 is 54.7 Å². The molecule has 0 radical (unpaired) electrons. The molecule has 0 atom stereocenters. The van der Waals surface area contributed by atoms with E-state index in [0.717, 1.165) is 132 Å². The number of anilines is 7. The van der Waals surface area contributed by atoms with Crippen molar-refractivity contribution in [2.75, 3.05) is 186 Å². The van der Waals surface area contributed by atoms with Crippen molar-refractivity contribution in [2.45, 2.75) is 293 Å². The van der Waals surface area contributed by atoms with Crippen LogP contribution in [0.15, 0.2) is 165 Å². The Hall–Kier alpha value is -8.71. The zero-order chi connectivity index (χ0) is 94.6. The van der Waals surface area contributed by atoms with Crippen LogP contribution in [0.3, 0.4) is 0 Å². The fourth-order valence-corrected chi connectivity index (χ4v) is 15.9. The van der Waals surface area contributed by atoms with Crippen molar-refractivity contribution in [1.82, 2.24) is 55.3 Å². The highest BCUT2D eigenvalue weighted by Crippen LogP contribution is 2.40. The van der Waals surface area contributed by atoms with Gasteiger partial charge in [-0.1, -0.05) is 241 Å². The SMILES string of the molecule is C=C1CN(c2ccc(C(C)(C)C)cn2)CCN1.CC.CC(C)(C)c1ccc(C2CC2)nc1.CC(C)(C)c1ccc(N2CCCC2)nc1.CC(C)(C)c1ccc(N2CCCCC2)nc1.CC(C)(C)c1ccc(N2CCCCC2)nc1.CC(C)(C)c1ccc(N2CCNCC2)nc1.CN1CCN(c2ccc(C(C)(C)C)cc2)CC1.CN1CCN(c2ccc(C(C)(C)C)cn2)CC1. The van der Waals surface area contributed by atoms with E-state index in [1.807, 2.05) is 57.2 Å². The number of rotatable bonds is 8. The van der Waals surface area contributed by atoms with Crippen molar-refractivity contribution >= 4 is 40.6 Å². The van der Waals surface area contributed by atoms with Gasteiger partial charge in [0.25, 0.3) is 0 Å². The summed E-state index contributed by atoms with van der Waals surface area (Å²) in [4.78, 5) is 53.3. The Kier molecular flexibility index (Phi) is 39.8. The molecule has 710 valence electrons. The van der Waals surface area contributed by atoms with Crippen molar-refractivity contribution in [3.63, 3.8) is 0 Å². The number of likely N-dealkylation sites (N-methyl/N-ethyl adjacent to an activating group) is 2. The van der Waals surface area contributed by atoms with Crippen LogP contribution in [0, 0.1) is 0 Å². The maximum atomic E-state index is 4.60. The van der Waals surface area contributed by atoms with Crippen LogP contribution >= 0.6 is 0 Å². The maximum absolute atomic E-state index is 4.60. The molecular weight excluding hydrogens is 1590 g/mol. The summed E-state index contributed by atoms with van der Waals surface area (Å²) in [5.41, 5.74) is 15.9. The van der Waals surface area contributed by atoms with Gasteiger partial charge >= 0.3 is 0 Å². The molecule has 16 rings (SSSR count). The minimum Gasteiger partial charge on any atom is -0.386 e. The van der Waals surface area contributed by atoms with Crippen molar-refractivity contribution in [3.8, 4) is 0 Å². The van der Waals surface area contributed by atoms with E-state index in [-0.39, 0.29) is 43.3 Å². The summed E-state index contributed by atoms with van der Waals surface area (Å²) in [6.45, 7) is 84.4. The molecule has 0 spiro atoms. The van der Waals surface area contributed by atoms with E-state index in [9.17, 15) is 0 Å². The number of aromatic nitrogens is 7. The number of hydrogen-bond acceptors (Lipinski definition) is 18. The molecular formula is C111H176N18. The topological polar surface area (TPSA) is 143 Å². The lowest BCUT2D eigenvalue weighted by Crippen LogP contribution is -2.44. The second-order valence-electron chi connectivity index (χ2n) is 44.8. The van der Waals surface area contributed by atoms with Gasteiger partial charge in [0.05, 0.1) is 6.54 Å². The molecule has 1 aliphatic carbocycles. The lowest BCUT2D eigenvalue weighted by atomic mass is 9.87. The Morgan fingerprint density at radius 3 is 0.752 bits per heavy atom. The van der Waals surface area contributed by atoms with E-state index in [2.05, 4.69) is 386 Å². The smallest absolute Gasteiger partial charge is 0.128 e. The van der Waals surface area contributed by atoms with E-state index in [0.29, 0.717) is 0 Å². The highest BCUT2D eigenvalue weighted by atomic mass is 15.3. The third-order valence-corrected chi connectivity index (χ3v) is 25.5. The molecule has 8 fully saturated rings. The molecule has 129 heavy (non-hydrogen) atoms. The van der Waals surface area contributed by atoms with Crippen molar-refractivity contribution in [1.29, 1.82) is 0 Å². The first kappa shape index (κ1) is 106. The molecule has 0 amide bonds. The van der Waals surface area contributed by atoms with Crippen LogP contribution in [0.2, 0.25) is 0 Å². The fourth-order valence-electron chi connectivity index (χ4n) is 15.9. The molecule has 7 aromatic heterocycles. The van der Waals surface area contributed by atoms with Crippen molar-refractivity contribution in [2.24, 2.45) is 0 Å². The summed E-state index contributed by atoms with van der Waals surface area (Å²) in [7, 11) is 4.37. The molecule has 1 saturated carbocycles. The summed E-state index contributed by atoms with van der Waals surface area (Å²) < 4.78 is 0. The minimum absolute atomic E-state index is 0.165. The third kappa shape index (κ3) is 35.4. The lowest BCUT2D eigenvalue weighted by Gasteiger charge is -2.34. The van der Waals surface area contributed by atoms with Crippen LogP contribution in [0.4, 0.5) is 40.6 Å².